The summed E-state index contributed by atoms with van der Waals surface area (Å²) in [6, 6.07) is 3.74. The third kappa shape index (κ3) is 2.64. The summed E-state index contributed by atoms with van der Waals surface area (Å²) < 4.78 is 32.1. The highest BCUT2D eigenvalue weighted by atomic mass is 19.1. The Balaban J connectivity index is 2.02. The van der Waals surface area contributed by atoms with Gasteiger partial charge in [-0.15, -0.1) is 0 Å². The Kier molecular flexibility index (Phi) is 3.45. The maximum atomic E-state index is 13.4. The van der Waals surface area contributed by atoms with Gasteiger partial charge in [-0.2, -0.15) is 0 Å². The van der Waals surface area contributed by atoms with Crippen LogP contribution in [0.5, 0.6) is 0 Å². The first-order chi connectivity index (χ1) is 8.04. The van der Waals surface area contributed by atoms with E-state index in [0.29, 0.717) is 19.4 Å². The molecule has 0 aromatic heterocycles. The van der Waals surface area contributed by atoms with Crippen LogP contribution in [0.25, 0.3) is 0 Å². The monoisotopic (exact) mass is 242 g/mol. The van der Waals surface area contributed by atoms with Crippen molar-refractivity contribution in [3.05, 3.63) is 35.4 Å². The number of hydrogen-bond donors (Lipinski definition) is 1. The summed E-state index contributed by atoms with van der Waals surface area (Å²) in [5, 5.41) is 10.1. The average molecular weight is 242 g/mol. The third-order valence-corrected chi connectivity index (χ3v) is 3.19. The summed E-state index contributed by atoms with van der Waals surface area (Å²) in [6.07, 6.45) is 0.901. The van der Waals surface area contributed by atoms with Crippen LogP contribution in [0, 0.1) is 11.6 Å². The van der Waals surface area contributed by atoms with E-state index < -0.39 is 17.2 Å². The fourth-order valence-electron chi connectivity index (χ4n) is 2.32. The summed E-state index contributed by atoms with van der Waals surface area (Å²) >= 11 is 0. The number of ether oxygens (including phenoxy) is 1. The van der Waals surface area contributed by atoms with Gasteiger partial charge in [0, 0.05) is 31.4 Å². The lowest BCUT2D eigenvalue weighted by atomic mass is 9.73. The number of rotatable bonds is 4. The second-order valence-electron chi connectivity index (χ2n) is 4.59. The van der Waals surface area contributed by atoms with E-state index in [4.69, 9.17) is 4.74 Å². The maximum absolute atomic E-state index is 13.4. The van der Waals surface area contributed by atoms with Gasteiger partial charge in [0.25, 0.3) is 0 Å². The fraction of sp³-hybridized carbons (Fsp3) is 0.538. The molecule has 4 heteroatoms. The van der Waals surface area contributed by atoms with E-state index in [0.717, 1.165) is 0 Å². The molecule has 0 heterocycles. The highest BCUT2D eigenvalue weighted by Gasteiger charge is 2.44. The zero-order valence-corrected chi connectivity index (χ0v) is 9.75. The molecule has 2 nitrogen and oxygen atoms in total. The summed E-state index contributed by atoms with van der Waals surface area (Å²) in [4.78, 5) is 0. The van der Waals surface area contributed by atoms with Crippen molar-refractivity contribution >= 4 is 0 Å². The molecule has 0 saturated heterocycles. The Labute approximate surface area is 99.2 Å². The molecule has 0 unspecified atom stereocenters. The molecular weight excluding hydrogens is 226 g/mol. The predicted octanol–water partition coefficient (Wildman–Crippen LogP) is 2.44. The molecule has 1 N–H and O–H groups in total. The number of hydrogen-bond acceptors (Lipinski definition) is 2. The van der Waals surface area contributed by atoms with Crippen LogP contribution in [0.15, 0.2) is 18.2 Å². The highest BCUT2D eigenvalue weighted by Crippen LogP contribution is 2.38. The molecule has 94 valence electrons. The summed E-state index contributed by atoms with van der Waals surface area (Å²) in [5.41, 5.74) is -1.06. The highest BCUT2D eigenvalue weighted by molar-refractivity contribution is 5.22. The predicted molar refractivity (Wildman–Crippen MR) is 59.7 cm³/mol. The molecule has 0 radical (unpaired) electrons. The van der Waals surface area contributed by atoms with Crippen molar-refractivity contribution in [2.24, 2.45) is 0 Å². The van der Waals surface area contributed by atoms with Crippen molar-refractivity contribution in [2.75, 3.05) is 6.61 Å². The van der Waals surface area contributed by atoms with Crippen LogP contribution in [-0.4, -0.2) is 23.4 Å². The first kappa shape index (κ1) is 12.5. The smallest absolute Gasteiger partial charge is 0.129 e. The SMILES string of the molecule is CCOC1CC(O)(Cc2c(F)cccc2F)C1. The van der Waals surface area contributed by atoms with Crippen LogP contribution >= 0.6 is 0 Å². The van der Waals surface area contributed by atoms with Gasteiger partial charge < -0.3 is 9.84 Å². The van der Waals surface area contributed by atoms with Gasteiger partial charge in [0.05, 0.1) is 11.7 Å². The zero-order valence-electron chi connectivity index (χ0n) is 9.75. The lowest BCUT2D eigenvalue weighted by molar-refractivity contribution is -0.136. The van der Waals surface area contributed by atoms with Crippen LogP contribution < -0.4 is 0 Å². The Morgan fingerprint density at radius 1 is 1.35 bits per heavy atom. The first-order valence-electron chi connectivity index (χ1n) is 5.81. The number of benzene rings is 1. The van der Waals surface area contributed by atoms with Crippen molar-refractivity contribution in [3.63, 3.8) is 0 Å². The van der Waals surface area contributed by atoms with Crippen molar-refractivity contribution in [2.45, 2.75) is 37.9 Å². The van der Waals surface area contributed by atoms with Gasteiger partial charge in [0.2, 0.25) is 0 Å². The number of halogens is 2. The molecule has 0 amide bonds. The van der Waals surface area contributed by atoms with Crippen LogP contribution in [0.4, 0.5) is 8.78 Å². The normalized spacial score (nSPS) is 27.9. The summed E-state index contributed by atoms with van der Waals surface area (Å²) in [6.45, 7) is 2.47. The minimum atomic E-state index is -1.02. The molecule has 0 atom stereocenters. The minimum Gasteiger partial charge on any atom is -0.389 e. The fourth-order valence-corrected chi connectivity index (χ4v) is 2.32. The van der Waals surface area contributed by atoms with E-state index >= 15 is 0 Å². The molecule has 1 aliphatic rings. The second kappa shape index (κ2) is 4.70. The Hall–Kier alpha value is -1.00. The molecule has 17 heavy (non-hydrogen) atoms. The Morgan fingerprint density at radius 2 is 1.94 bits per heavy atom. The van der Waals surface area contributed by atoms with Crippen LogP contribution in [-0.2, 0) is 11.2 Å². The van der Waals surface area contributed by atoms with E-state index in [9.17, 15) is 13.9 Å². The molecule has 1 aromatic rings. The molecule has 1 fully saturated rings. The third-order valence-electron chi connectivity index (χ3n) is 3.19. The topological polar surface area (TPSA) is 29.5 Å². The average Bonchev–Trinajstić information content (AvgIpc) is 2.22. The van der Waals surface area contributed by atoms with Crippen molar-refractivity contribution in [3.8, 4) is 0 Å². The van der Waals surface area contributed by atoms with Crippen LogP contribution in [0.1, 0.15) is 25.3 Å². The van der Waals surface area contributed by atoms with Gasteiger partial charge in [0.1, 0.15) is 11.6 Å². The standard InChI is InChI=1S/C13H16F2O2/c1-2-17-9-6-13(16,7-9)8-10-11(14)4-3-5-12(10)15/h3-5,9,16H,2,6-8H2,1H3. The largest absolute Gasteiger partial charge is 0.389 e. The summed E-state index contributed by atoms with van der Waals surface area (Å²) in [5.74, 6) is -1.20. The molecule has 1 aromatic carbocycles. The molecule has 2 rings (SSSR count). The lowest BCUT2D eigenvalue weighted by Crippen LogP contribution is -2.50. The number of aliphatic hydroxyl groups is 1. The van der Waals surface area contributed by atoms with E-state index in [-0.39, 0.29) is 18.1 Å². The molecule has 0 aliphatic heterocycles. The van der Waals surface area contributed by atoms with Gasteiger partial charge >= 0.3 is 0 Å². The van der Waals surface area contributed by atoms with Crippen molar-refractivity contribution in [1.29, 1.82) is 0 Å². The van der Waals surface area contributed by atoms with E-state index in [1.54, 1.807) is 0 Å². The first-order valence-corrected chi connectivity index (χ1v) is 5.81. The van der Waals surface area contributed by atoms with Gasteiger partial charge in [-0.25, -0.2) is 8.78 Å². The Morgan fingerprint density at radius 3 is 2.47 bits per heavy atom. The maximum Gasteiger partial charge on any atom is 0.129 e. The van der Waals surface area contributed by atoms with E-state index in [1.165, 1.54) is 18.2 Å². The second-order valence-corrected chi connectivity index (χ2v) is 4.59. The van der Waals surface area contributed by atoms with Crippen LogP contribution in [0.2, 0.25) is 0 Å². The lowest BCUT2D eigenvalue weighted by Gasteiger charge is -2.43. The van der Waals surface area contributed by atoms with Gasteiger partial charge in [-0.1, -0.05) is 6.07 Å². The van der Waals surface area contributed by atoms with Crippen molar-refractivity contribution in [1.82, 2.24) is 0 Å². The van der Waals surface area contributed by atoms with Gasteiger partial charge in [-0.3, -0.25) is 0 Å². The quantitative estimate of drug-likeness (QED) is 0.878. The minimum absolute atomic E-state index is 0.00901. The van der Waals surface area contributed by atoms with Gasteiger partial charge in [-0.05, 0) is 19.1 Å². The molecule has 1 saturated carbocycles. The molecule has 0 spiro atoms. The molecular formula is C13H16F2O2. The van der Waals surface area contributed by atoms with E-state index in [2.05, 4.69) is 0 Å². The van der Waals surface area contributed by atoms with Crippen molar-refractivity contribution < 1.29 is 18.6 Å². The molecule has 1 aliphatic carbocycles. The van der Waals surface area contributed by atoms with E-state index in [1.807, 2.05) is 6.92 Å². The zero-order chi connectivity index (χ0) is 12.5. The van der Waals surface area contributed by atoms with Gasteiger partial charge in [0.15, 0.2) is 0 Å². The summed E-state index contributed by atoms with van der Waals surface area (Å²) in [7, 11) is 0. The van der Waals surface area contributed by atoms with Crippen LogP contribution in [0.3, 0.4) is 0 Å². The Bertz CT molecular complexity index is 380. The molecule has 0 bridgehead atoms.